The normalized spacial score (nSPS) is 14.6. The number of aryl methyl sites for hydroxylation is 3. The van der Waals surface area contributed by atoms with E-state index in [9.17, 15) is 14.0 Å². The van der Waals surface area contributed by atoms with Crippen molar-refractivity contribution < 1.29 is 18.5 Å². The summed E-state index contributed by atoms with van der Waals surface area (Å²) in [5.74, 6) is -0.0687. The van der Waals surface area contributed by atoms with Gasteiger partial charge in [0.25, 0.3) is 11.8 Å². The van der Waals surface area contributed by atoms with E-state index in [2.05, 4.69) is 15.4 Å². The summed E-state index contributed by atoms with van der Waals surface area (Å²) in [5, 5.41) is 7.34. The van der Waals surface area contributed by atoms with Crippen LogP contribution in [0.3, 0.4) is 0 Å². The van der Waals surface area contributed by atoms with Crippen molar-refractivity contribution in [3.63, 3.8) is 0 Å². The predicted octanol–water partition coefficient (Wildman–Crippen LogP) is 4.01. The molecule has 7 nitrogen and oxygen atoms in total. The van der Waals surface area contributed by atoms with Gasteiger partial charge in [0, 0.05) is 43.9 Å². The van der Waals surface area contributed by atoms with Gasteiger partial charge in [0.15, 0.2) is 0 Å². The first-order valence-electron chi connectivity index (χ1n) is 10.4. The summed E-state index contributed by atoms with van der Waals surface area (Å²) >= 11 is 1.25. The third kappa shape index (κ3) is 4.73. The largest absolute Gasteiger partial charge is 0.361 e. The summed E-state index contributed by atoms with van der Waals surface area (Å²) in [4.78, 5) is 30.2. The lowest BCUT2D eigenvalue weighted by Gasteiger charge is -2.34. The van der Waals surface area contributed by atoms with Gasteiger partial charge in [0.05, 0.1) is 15.6 Å². The van der Waals surface area contributed by atoms with Gasteiger partial charge >= 0.3 is 0 Å². The number of hydrogen-bond donors (Lipinski definition) is 1. The van der Waals surface area contributed by atoms with Gasteiger partial charge in [-0.25, -0.2) is 4.39 Å². The molecule has 0 saturated carbocycles. The molecule has 1 fully saturated rings. The SMILES string of the molecule is Cc1cc(NC(=O)c2cccc(F)c2)sc1C(=O)N1CCN(Cc2c(C)noc2C)CC1. The highest BCUT2D eigenvalue weighted by Gasteiger charge is 2.26. The molecule has 0 aliphatic carbocycles. The number of piperazine rings is 1. The molecule has 1 aliphatic heterocycles. The van der Waals surface area contributed by atoms with E-state index in [1.54, 1.807) is 12.1 Å². The molecule has 1 aromatic carbocycles. The molecular weight excluding hydrogens is 431 g/mol. The first-order valence-corrected chi connectivity index (χ1v) is 11.2. The Morgan fingerprint density at radius 3 is 2.56 bits per heavy atom. The Morgan fingerprint density at radius 2 is 1.91 bits per heavy atom. The maximum atomic E-state index is 13.4. The van der Waals surface area contributed by atoms with Gasteiger partial charge in [-0.3, -0.25) is 14.5 Å². The fourth-order valence-corrected chi connectivity index (χ4v) is 4.81. The highest BCUT2D eigenvalue weighted by atomic mass is 32.1. The van der Waals surface area contributed by atoms with E-state index in [1.807, 2.05) is 25.7 Å². The first-order chi connectivity index (χ1) is 15.3. The summed E-state index contributed by atoms with van der Waals surface area (Å²) in [6.07, 6.45) is 0. The molecule has 0 bridgehead atoms. The average Bonchev–Trinajstić information content (AvgIpc) is 3.30. The van der Waals surface area contributed by atoms with Crippen LogP contribution in [0.1, 0.15) is 42.6 Å². The van der Waals surface area contributed by atoms with E-state index in [0.29, 0.717) is 23.0 Å². The van der Waals surface area contributed by atoms with E-state index < -0.39 is 11.7 Å². The second kappa shape index (κ2) is 9.22. The second-order valence-electron chi connectivity index (χ2n) is 7.96. The molecule has 1 saturated heterocycles. The minimum Gasteiger partial charge on any atom is -0.361 e. The minimum absolute atomic E-state index is 0.0317. The van der Waals surface area contributed by atoms with E-state index >= 15 is 0 Å². The number of anilines is 1. The zero-order valence-electron chi connectivity index (χ0n) is 18.3. The van der Waals surface area contributed by atoms with Crippen molar-refractivity contribution in [1.29, 1.82) is 0 Å². The van der Waals surface area contributed by atoms with Crippen molar-refractivity contribution in [2.45, 2.75) is 27.3 Å². The van der Waals surface area contributed by atoms with Gasteiger partial charge in [0.2, 0.25) is 0 Å². The fourth-order valence-electron chi connectivity index (χ4n) is 3.77. The van der Waals surface area contributed by atoms with Crippen LogP contribution in [-0.2, 0) is 6.54 Å². The Bertz CT molecular complexity index is 1130. The van der Waals surface area contributed by atoms with Crippen LogP contribution in [0.2, 0.25) is 0 Å². The number of halogens is 1. The van der Waals surface area contributed by atoms with Gasteiger partial charge in [-0.2, -0.15) is 0 Å². The maximum absolute atomic E-state index is 13.4. The van der Waals surface area contributed by atoms with Crippen molar-refractivity contribution >= 4 is 28.2 Å². The van der Waals surface area contributed by atoms with Gasteiger partial charge < -0.3 is 14.7 Å². The van der Waals surface area contributed by atoms with Gasteiger partial charge in [-0.1, -0.05) is 11.2 Å². The molecule has 0 spiro atoms. The van der Waals surface area contributed by atoms with Crippen LogP contribution < -0.4 is 5.32 Å². The Balaban J connectivity index is 1.37. The number of nitrogens with zero attached hydrogens (tertiary/aromatic N) is 3. The van der Waals surface area contributed by atoms with Crippen molar-refractivity contribution in [3.05, 3.63) is 69.2 Å². The van der Waals surface area contributed by atoms with Gasteiger partial charge in [0.1, 0.15) is 11.6 Å². The zero-order chi connectivity index (χ0) is 22.8. The van der Waals surface area contributed by atoms with Crippen molar-refractivity contribution in [2.24, 2.45) is 0 Å². The van der Waals surface area contributed by atoms with Crippen LogP contribution in [-0.4, -0.2) is 52.9 Å². The third-order valence-electron chi connectivity index (χ3n) is 5.66. The highest BCUT2D eigenvalue weighted by Crippen LogP contribution is 2.29. The molecule has 2 aromatic heterocycles. The molecule has 1 aliphatic rings. The third-order valence-corrected chi connectivity index (χ3v) is 6.80. The summed E-state index contributed by atoms with van der Waals surface area (Å²) in [6, 6.07) is 7.29. The van der Waals surface area contributed by atoms with Crippen LogP contribution in [0, 0.1) is 26.6 Å². The van der Waals surface area contributed by atoms with Crippen LogP contribution in [0.5, 0.6) is 0 Å². The van der Waals surface area contributed by atoms with Crippen molar-refractivity contribution in [3.8, 4) is 0 Å². The Hall–Kier alpha value is -3.04. The molecule has 1 N–H and O–H groups in total. The zero-order valence-corrected chi connectivity index (χ0v) is 19.1. The molecule has 0 unspecified atom stereocenters. The highest BCUT2D eigenvalue weighted by molar-refractivity contribution is 7.18. The molecule has 0 radical (unpaired) electrons. The molecular formula is C23H25FN4O3S. The fraction of sp³-hybridized carbons (Fsp3) is 0.348. The maximum Gasteiger partial charge on any atom is 0.264 e. The van der Waals surface area contributed by atoms with E-state index in [1.165, 1.54) is 29.5 Å². The quantitative estimate of drug-likeness (QED) is 0.628. The summed E-state index contributed by atoms with van der Waals surface area (Å²) in [7, 11) is 0. The standard InChI is InChI=1S/C23H25FN4O3S/c1-14-11-20(25-22(29)17-5-4-6-18(24)12-17)32-21(14)23(30)28-9-7-27(8-10-28)13-19-15(2)26-31-16(19)3/h4-6,11-12H,7-10,13H2,1-3H3,(H,25,29). The van der Waals surface area contributed by atoms with Gasteiger partial charge in [-0.15, -0.1) is 11.3 Å². The minimum atomic E-state index is -0.468. The number of nitrogens with one attached hydrogen (secondary N) is 1. The molecule has 3 heterocycles. The molecule has 32 heavy (non-hydrogen) atoms. The second-order valence-corrected chi connectivity index (χ2v) is 9.01. The first kappa shape index (κ1) is 22.2. The molecule has 0 atom stereocenters. The number of hydrogen-bond acceptors (Lipinski definition) is 6. The number of rotatable bonds is 5. The lowest BCUT2D eigenvalue weighted by Crippen LogP contribution is -2.48. The molecule has 9 heteroatoms. The molecule has 168 valence electrons. The molecule has 2 amide bonds. The number of amides is 2. The predicted molar refractivity (Wildman–Crippen MR) is 121 cm³/mol. The summed E-state index contributed by atoms with van der Waals surface area (Å²) in [6.45, 7) is 9.27. The van der Waals surface area contributed by atoms with Crippen LogP contribution >= 0.6 is 11.3 Å². The van der Waals surface area contributed by atoms with E-state index in [4.69, 9.17) is 4.52 Å². The number of aromatic nitrogens is 1. The molecule has 4 rings (SSSR count). The van der Waals surface area contributed by atoms with Crippen LogP contribution in [0.15, 0.2) is 34.9 Å². The number of thiophene rings is 1. The van der Waals surface area contributed by atoms with Crippen molar-refractivity contribution in [1.82, 2.24) is 15.0 Å². The number of carbonyl (C=O) groups is 2. The monoisotopic (exact) mass is 456 g/mol. The Morgan fingerprint density at radius 1 is 1.16 bits per heavy atom. The smallest absolute Gasteiger partial charge is 0.264 e. The molecule has 3 aromatic rings. The van der Waals surface area contributed by atoms with Gasteiger partial charge in [-0.05, 0) is 50.6 Å². The lowest BCUT2D eigenvalue weighted by molar-refractivity contribution is 0.0631. The van der Waals surface area contributed by atoms with Crippen molar-refractivity contribution in [2.75, 3.05) is 31.5 Å². The van der Waals surface area contributed by atoms with Crippen LogP contribution in [0.25, 0.3) is 0 Å². The van der Waals surface area contributed by atoms with E-state index in [0.717, 1.165) is 42.2 Å². The topological polar surface area (TPSA) is 78.7 Å². The Kier molecular flexibility index (Phi) is 6.38. The van der Waals surface area contributed by atoms with Crippen LogP contribution in [0.4, 0.5) is 9.39 Å². The average molecular weight is 457 g/mol. The lowest BCUT2D eigenvalue weighted by atomic mass is 10.1. The summed E-state index contributed by atoms with van der Waals surface area (Å²) < 4.78 is 18.6. The summed E-state index contributed by atoms with van der Waals surface area (Å²) in [5.41, 5.74) is 3.06. The Labute approximate surface area is 189 Å². The number of benzene rings is 1. The number of carbonyl (C=O) groups excluding carboxylic acids is 2. The van der Waals surface area contributed by atoms with E-state index in [-0.39, 0.29) is 11.5 Å².